The number of hydrazine groups is 1. The number of nitrogens with one attached hydrogen (secondary N) is 2. The van der Waals surface area contributed by atoms with Crippen molar-refractivity contribution in [3.8, 4) is 0 Å². The summed E-state index contributed by atoms with van der Waals surface area (Å²) >= 11 is 0. The Morgan fingerprint density at radius 1 is 1.15 bits per heavy atom. The van der Waals surface area contributed by atoms with Crippen LogP contribution in [0.1, 0.15) is 35.7 Å². The van der Waals surface area contributed by atoms with Crippen LogP contribution in [0.3, 0.4) is 0 Å². The predicted molar refractivity (Wildman–Crippen MR) is 154 cm³/mol. The lowest BCUT2D eigenvalue weighted by molar-refractivity contribution is -0.171. The lowest BCUT2D eigenvalue weighted by Crippen LogP contribution is -2.46. The first-order chi connectivity index (χ1) is 19.7. The highest BCUT2D eigenvalue weighted by atomic mass is 19.1. The third-order valence-electron chi connectivity index (χ3n) is 7.11. The van der Waals surface area contributed by atoms with Crippen molar-refractivity contribution in [3.63, 3.8) is 0 Å². The van der Waals surface area contributed by atoms with Crippen LogP contribution in [-0.4, -0.2) is 65.4 Å². The first-order valence-corrected chi connectivity index (χ1v) is 13.5. The number of aromatic carboxylic acids is 1. The molecular formula is C28H36FN7O5. The van der Waals surface area contributed by atoms with Crippen LogP contribution in [-0.2, 0) is 22.8 Å². The lowest BCUT2D eigenvalue weighted by Gasteiger charge is -2.35. The summed E-state index contributed by atoms with van der Waals surface area (Å²) in [6.45, 7) is 5.24. The first kappa shape index (κ1) is 30.1. The summed E-state index contributed by atoms with van der Waals surface area (Å²) < 4.78 is 16.8. The molecule has 2 heterocycles. The molecule has 1 aliphatic heterocycles. The highest BCUT2D eigenvalue weighted by Gasteiger charge is 2.23. The Balaban J connectivity index is 1.32. The second kappa shape index (κ2) is 13.7. The highest BCUT2D eigenvalue weighted by Crippen LogP contribution is 2.26. The summed E-state index contributed by atoms with van der Waals surface area (Å²) in [7, 11) is 0. The number of piperazine rings is 1. The standard InChI is InChI=1S/C28H36FN7O5/c1-2-34-16-21(28(39)40)26(37)20-14-22(29)25(15-24(20)34)35-10-12-36(13-11-35)41-17-18-5-7-19(8-6-18)33-27(38)23(30)4-3-9-32-31/h5-8,14-16,23,32H,2-4,9-13,17,30-31H2,1H3,(H,33,38)(H,39,40)/t23-/m0/s1. The van der Waals surface area contributed by atoms with E-state index in [1.54, 1.807) is 22.8 Å². The Labute approximate surface area is 236 Å². The number of halogens is 1. The Bertz CT molecular complexity index is 1440. The Hall–Kier alpha value is -3.88. The first-order valence-electron chi connectivity index (χ1n) is 13.5. The smallest absolute Gasteiger partial charge is 0.341 e. The number of fused-ring (bicyclic) bond motifs is 1. The van der Waals surface area contributed by atoms with Crippen LogP contribution < -0.4 is 32.6 Å². The number of nitrogens with two attached hydrogens (primary N) is 2. The highest BCUT2D eigenvalue weighted by molar-refractivity contribution is 5.95. The SMILES string of the molecule is CCn1cc(C(=O)O)c(=O)c2cc(F)c(N3CCN(OCc4ccc(NC(=O)[C@@H](N)CCCNN)cc4)CC3)cc21. The minimum absolute atomic E-state index is 0.0449. The lowest BCUT2D eigenvalue weighted by atomic mass is 10.1. The van der Waals surface area contributed by atoms with E-state index in [4.69, 9.17) is 16.4 Å². The van der Waals surface area contributed by atoms with Crippen molar-refractivity contribution in [1.29, 1.82) is 0 Å². The van der Waals surface area contributed by atoms with Crippen LogP contribution in [0.4, 0.5) is 15.8 Å². The molecule has 1 fully saturated rings. The van der Waals surface area contributed by atoms with Gasteiger partial charge >= 0.3 is 5.97 Å². The molecule has 0 bridgehead atoms. The summed E-state index contributed by atoms with van der Waals surface area (Å²) in [4.78, 5) is 44.2. The summed E-state index contributed by atoms with van der Waals surface area (Å²) in [6.07, 6.45) is 2.53. The van der Waals surface area contributed by atoms with Gasteiger partial charge in [-0.2, -0.15) is 5.06 Å². The molecule has 220 valence electrons. The molecule has 4 rings (SSSR count). The van der Waals surface area contributed by atoms with Crippen LogP contribution >= 0.6 is 0 Å². The van der Waals surface area contributed by atoms with E-state index in [0.29, 0.717) is 75.6 Å². The number of benzene rings is 2. The summed E-state index contributed by atoms with van der Waals surface area (Å²) in [5.74, 6) is 3.07. The van der Waals surface area contributed by atoms with Gasteiger partial charge in [0.2, 0.25) is 11.3 Å². The number of aromatic nitrogens is 1. The maximum Gasteiger partial charge on any atom is 0.341 e. The molecule has 41 heavy (non-hydrogen) atoms. The molecule has 0 spiro atoms. The molecule has 0 aliphatic carbocycles. The molecular weight excluding hydrogens is 533 g/mol. The van der Waals surface area contributed by atoms with Gasteiger partial charge in [0.15, 0.2) is 0 Å². The zero-order valence-electron chi connectivity index (χ0n) is 22.9. The Morgan fingerprint density at radius 3 is 2.49 bits per heavy atom. The average Bonchev–Trinajstić information content (AvgIpc) is 2.97. The van der Waals surface area contributed by atoms with Gasteiger partial charge in [0.1, 0.15) is 11.4 Å². The number of carboxylic acids is 1. The van der Waals surface area contributed by atoms with Crippen LogP contribution in [0.15, 0.2) is 47.4 Å². The van der Waals surface area contributed by atoms with Crippen molar-refractivity contribution in [1.82, 2.24) is 15.1 Å². The number of rotatable bonds is 12. The normalized spacial score (nSPS) is 14.8. The fourth-order valence-electron chi connectivity index (χ4n) is 4.75. The van der Waals surface area contributed by atoms with E-state index >= 15 is 4.39 Å². The Kier molecular flexibility index (Phi) is 10.0. The van der Waals surface area contributed by atoms with Crippen molar-refractivity contribution < 1.29 is 23.9 Å². The van der Waals surface area contributed by atoms with Gasteiger partial charge in [0.05, 0.1) is 23.9 Å². The van der Waals surface area contributed by atoms with Gasteiger partial charge in [-0.3, -0.25) is 25.7 Å². The fraction of sp³-hybridized carbons (Fsp3) is 0.393. The number of nitrogens with zero attached hydrogens (tertiary/aromatic N) is 3. The third kappa shape index (κ3) is 7.26. The molecule has 3 aromatic rings. The van der Waals surface area contributed by atoms with Crippen molar-refractivity contribution in [3.05, 3.63) is 69.8 Å². The van der Waals surface area contributed by atoms with Crippen molar-refractivity contribution in [2.24, 2.45) is 11.6 Å². The number of hydroxylamine groups is 2. The van der Waals surface area contributed by atoms with E-state index in [1.807, 2.05) is 29.0 Å². The van der Waals surface area contributed by atoms with Gasteiger partial charge in [-0.05, 0) is 49.6 Å². The van der Waals surface area contributed by atoms with Crippen molar-refractivity contribution in [2.75, 3.05) is 42.9 Å². The molecule has 1 amide bonds. The van der Waals surface area contributed by atoms with Crippen molar-refractivity contribution >= 4 is 34.2 Å². The van der Waals surface area contributed by atoms with Gasteiger partial charge in [0, 0.05) is 56.5 Å². The number of carbonyl (C=O) groups excluding carboxylic acids is 1. The van der Waals surface area contributed by atoms with E-state index < -0.39 is 23.3 Å². The summed E-state index contributed by atoms with van der Waals surface area (Å²) in [5.41, 5.74) is 9.78. The maximum atomic E-state index is 15.1. The molecule has 0 radical (unpaired) electrons. The number of amides is 1. The molecule has 7 N–H and O–H groups in total. The minimum Gasteiger partial charge on any atom is -0.477 e. The van der Waals surface area contributed by atoms with Gasteiger partial charge in [-0.15, -0.1) is 0 Å². The molecule has 0 saturated carbocycles. The number of carbonyl (C=O) groups is 2. The molecule has 2 aromatic carbocycles. The van der Waals surface area contributed by atoms with Crippen LogP contribution in [0.5, 0.6) is 0 Å². The zero-order valence-corrected chi connectivity index (χ0v) is 22.9. The molecule has 13 heteroatoms. The third-order valence-corrected chi connectivity index (χ3v) is 7.11. The molecule has 0 unspecified atom stereocenters. The predicted octanol–water partition coefficient (Wildman–Crippen LogP) is 1.62. The minimum atomic E-state index is -1.34. The molecule has 1 atom stereocenters. The molecule has 1 aromatic heterocycles. The second-order valence-corrected chi connectivity index (χ2v) is 9.86. The van der Waals surface area contributed by atoms with Gasteiger partial charge in [0.25, 0.3) is 0 Å². The zero-order chi connectivity index (χ0) is 29.5. The van der Waals surface area contributed by atoms with Gasteiger partial charge in [-0.1, -0.05) is 12.1 Å². The van der Waals surface area contributed by atoms with Gasteiger partial charge in [-0.25, -0.2) is 9.18 Å². The monoisotopic (exact) mass is 569 g/mol. The number of hydrogen-bond donors (Lipinski definition) is 5. The van der Waals surface area contributed by atoms with Crippen molar-refractivity contribution in [2.45, 2.75) is 39.0 Å². The number of hydrogen-bond acceptors (Lipinski definition) is 9. The molecule has 12 nitrogen and oxygen atoms in total. The number of aryl methyl sites for hydroxylation is 1. The number of pyridine rings is 1. The van der Waals surface area contributed by atoms with Crippen LogP contribution in [0.2, 0.25) is 0 Å². The van der Waals surface area contributed by atoms with Crippen LogP contribution in [0.25, 0.3) is 10.9 Å². The topological polar surface area (TPSA) is 168 Å². The summed E-state index contributed by atoms with van der Waals surface area (Å²) in [5, 5.41) is 14.0. The quantitative estimate of drug-likeness (QED) is 0.123. The van der Waals surface area contributed by atoms with E-state index in [9.17, 15) is 19.5 Å². The average molecular weight is 570 g/mol. The van der Waals surface area contributed by atoms with Gasteiger partial charge < -0.3 is 25.6 Å². The Morgan fingerprint density at radius 2 is 1.85 bits per heavy atom. The molecule has 1 aliphatic rings. The maximum absolute atomic E-state index is 15.1. The van der Waals surface area contributed by atoms with E-state index in [0.717, 1.165) is 11.6 Å². The van der Waals surface area contributed by atoms with E-state index in [2.05, 4.69) is 10.7 Å². The molecule has 1 saturated heterocycles. The van der Waals surface area contributed by atoms with E-state index in [-0.39, 0.29) is 16.9 Å². The fourth-order valence-corrected chi connectivity index (χ4v) is 4.75. The number of anilines is 2. The second-order valence-electron chi connectivity index (χ2n) is 9.86. The number of carboxylic acid groups (broad SMARTS) is 1. The summed E-state index contributed by atoms with van der Waals surface area (Å²) in [6, 6.07) is 9.44. The largest absolute Gasteiger partial charge is 0.477 e. The van der Waals surface area contributed by atoms with Crippen LogP contribution in [0, 0.1) is 5.82 Å². The van der Waals surface area contributed by atoms with E-state index in [1.165, 1.54) is 6.20 Å².